The molecule has 0 saturated heterocycles. The van der Waals surface area contributed by atoms with Crippen molar-refractivity contribution in [1.82, 2.24) is 10.6 Å². The molecule has 0 bridgehead atoms. The molecule has 0 fully saturated rings. The standard InChI is InChI=1S/C15H23FN4O.HI/c1-3-4-7-19-15(17)20-9-8-18-14(21)12-6-5-11(2)13(16)10-12;/h5-6,10H,3-4,7-9H2,1-2H3,(H,18,21)(H3,17,19,20);1H. The van der Waals surface area contributed by atoms with Crippen LogP contribution in [0.25, 0.3) is 0 Å². The summed E-state index contributed by atoms with van der Waals surface area (Å²) >= 11 is 0. The number of nitrogens with zero attached hydrogens (tertiary/aromatic N) is 1. The third-order valence-electron chi connectivity index (χ3n) is 2.94. The molecule has 7 heteroatoms. The van der Waals surface area contributed by atoms with Crippen LogP contribution in [0.15, 0.2) is 23.2 Å². The van der Waals surface area contributed by atoms with E-state index in [9.17, 15) is 9.18 Å². The predicted octanol–water partition coefficient (Wildman–Crippen LogP) is 2.19. The number of unbranched alkanes of at least 4 members (excludes halogenated alkanes) is 1. The van der Waals surface area contributed by atoms with Crippen molar-refractivity contribution in [2.75, 3.05) is 19.6 Å². The number of hydrogen-bond donors (Lipinski definition) is 3. The fourth-order valence-corrected chi connectivity index (χ4v) is 1.62. The van der Waals surface area contributed by atoms with Gasteiger partial charge in [0.1, 0.15) is 5.82 Å². The Morgan fingerprint density at radius 2 is 2.00 bits per heavy atom. The maximum absolute atomic E-state index is 13.4. The first kappa shape index (κ1) is 20.6. The lowest BCUT2D eigenvalue weighted by atomic mass is 10.1. The number of hydrogen-bond acceptors (Lipinski definition) is 2. The van der Waals surface area contributed by atoms with Crippen molar-refractivity contribution in [2.45, 2.75) is 26.7 Å². The number of rotatable bonds is 7. The summed E-state index contributed by atoms with van der Waals surface area (Å²) in [5, 5.41) is 5.60. The summed E-state index contributed by atoms with van der Waals surface area (Å²) in [4.78, 5) is 15.9. The van der Waals surface area contributed by atoms with Crippen molar-refractivity contribution in [3.63, 3.8) is 0 Å². The molecular formula is C15H24FIN4O. The van der Waals surface area contributed by atoms with Crippen LogP contribution in [0.1, 0.15) is 35.7 Å². The van der Waals surface area contributed by atoms with Crippen molar-refractivity contribution in [3.05, 3.63) is 35.1 Å². The van der Waals surface area contributed by atoms with E-state index in [1.807, 2.05) is 0 Å². The van der Waals surface area contributed by atoms with Gasteiger partial charge < -0.3 is 16.4 Å². The number of carbonyl (C=O) groups excluding carboxylic acids is 1. The van der Waals surface area contributed by atoms with Gasteiger partial charge in [0.25, 0.3) is 5.91 Å². The Balaban J connectivity index is 0.00000441. The minimum atomic E-state index is -0.381. The molecule has 0 spiro atoms. The summed E-state index contributed by atoms with van der Waals surface area (Å²) in [6.07, 6.45) is 2.07. The van der Waals surface area contributed by atoms with Crippen LogP contribution in [0.4, 0.5) is 4.39 Å². The summed E-state index contributed by atoms with van der Waals surface area (Å²) in [7, 11) is 0. The number of amides is 1. The van der Waals surface area contributed by atoms with E-state index in [1.54, 1.807) is 19.1 Å². The maximum Gasteiger partial charge on any atom is 0.251 e. The minimum absolute atomic E-state index is 0. The smallest absolute Gasteiger partial charge is 0.251 e. The van der Waals surface area contributed by atoms with Gasteiger partial charge in [-0.1, -0.05) is 19.4 Å². The number of aryl methyl sites for hydroxylation is 1. The van der Waals surface area contributed by atoms with Crippen molar-refractivity contribution < 1.29 is 9.18 Å². The first-order chi connectivity index (χ1) is 10.0. The topological polar surface area (TPSA) is 79.5 Å². The van der Waals surface area contributed by atoms with E-state index in [0.29, 0.717) is 36.7 Å². The molecule has 0 heterocycles. The molecule has 0 saturated carbocycles. The number of guanidine groups is 1. The molecular weight excluding hydrogens is 398 g/mol. The van der Waals surface area contributed by atoms with Crippen LogP contribution in [-0.4, -0.2) is 31.5 Å². The fourth-order valence-electron chi connectivity index (χ4n) is 1.62. The second kappa shape index (κ2) is 11.2. The Hall–Kier alpha value is -1.38. The molecule has 1 rings (SSSR count). The molecule has 0 aliphatic heterocycles. The maximum atomic E-state index is 13.4. The Morgan fingerprint density at radius 1 is 1.32 bits per heavy atom. The summed E-state index contributed by atoms with van der Waals surface area (Å²) in [5.74, 6) is -0.315. The molecule has 0 radical (unpaired) electrons. The first-order valence-corrected chi connectivity index (χ1v) is 7.12. The van der Waals surface area contributed by atoms with Crippen molar-refractivity contribution >= 4 is 35.8 Å². The van der Waals surface area contributed by atoms with Gasteiger partial charge in [0.2, 0.25) is 0 Å². The normalized spacial score (nSPS) is 10.8. The SMILES string of the molecule is CCCCN=C(N)NCCNC(=O)c1ccc(C)c(F)c1.I. The van der Waals surface area contributed by atoms with Crippen LogP contribution >= 0.6 is 24.0 Å². The average molecular weight is 422 g/mol. The highest BCUT2D eigenvalue weighted by Gasteiger charge is 2.07. The molecule has 124 valence electrons. The number of benzene rings is 1. The van der Waals surface area contributed by atoms with Crippen molar-refractivity contribution in [3.8, 4) is 0 Å². The zero-order valence-electron chi connectivity index (χ0n) is 13.0. The number of nitrogens with one attached hydrogen (secondary N) is 2. The molecule has 0 atom stereocenters. The van der Waals surface area contributed by atoms with E-state index in [-0.39, 0.29) is 35.7 Å². The van der Waals surface area contributed by atoms with E-state index >= 15 is 0 Å². The highest BCUT2D eigenvalue weighted by Crippen LogP contribution is 2.08. The summed E-state index contributed by atoms with van der Waals surface area (Å²) in [6, 6.07) is 4.42. The van der Waals surface area contributed by atoms with Crippen molar-refractivity contribution in [1.29, 1.82) is 0 Å². The third kappa shape index (κ3) is 7.58. The van der Waals surface area contributed by atoms with E-state index in [0.717, 1.165) is 12.8 Å². The number of nitrogens with two attached hydrogens (primary N) is 1. The quantitative estimate of drug-likeness (QED) is 0.273. The highest BCUT2D eigenvalue weighted by molar-refractivity contribution is 14.0. The van der Waals surface area contributed by atoms with Gasteiger partial charge in [-0.05, 0) is 31.0 Å². The van der Waals surface area contributed by atoms with Crippen molar-refractivity contribution in [2.24, 2.45) is 10.7 Å². The zero-order chi connectivity index (χ0) is 15.7. The summed E-state index contributed by atoms with van der Waals surface area (Å²) in [6.45, 7) is 5.30. The average Bonchev–Trinajstić information content (AvgIpc) is 2.46. The molecule has 1 aromatic carbocycles. The van der Waals surface area contributed by atoms with Gasteiger partial charge in [-0.15, -0.1) is 24.0 Å². The monoisotopic (exact) mass is 422 g/mol. The lowest BCUT2D eigenvalue weighted by Crippen LogP contribution is -2.38. The van der Waals surface area contributed by atoms with Gasteiger partial charge in [-0.2, -0.15) is 0 Å². The largest absolute Gasteiger partial charge is 0.370 e. The Morgan fingerprint density at radius 3 is 2.64 bits per heavy atom. The minimum Gasteiger partial charge on any atom is -0.370 e. The number of carbonyl (C=O) groups is 1. The molecule has 0 unspecified atom stereocenters. The summed E-state index contributed by atoms with van der Waals surface area (Å²) in [5.41, 5.74) is 6.48. The summed E-state index contributed by atoms with van der Waals surface area (Å²) < 4.78 is 13.4. The van der Waals surface area contributed by atoms with Gasteiger partial charge in [0.15, 0.2) is 5.96 Å². The van der Waals surface area contributed by atoms with Gasteiger partial charge in [-0.3, -0.25) is 9.79 Å². The van der Waals surface area contributed by atoms with Crippen LogP contribution in [0.3, 0.4) is 0 Å². The lowest BCUT2D eigenvalue weighted by Gasteiger charge is -2.08. The molecule has 5 nitrogen and oxygen atoms in total. The fraction of sp³-hybridized carbons (Fsp3) is 0.467. The third-order valence-corrected chi connectivity index (χ3v) is 2.94. The molecule has 22 heavy (non-hydrogen) atoms. The van der Waals surface area contributed by atoms with Gasteiger partial charge in [0.05, 0.1) is 0 Å². The Labute approximate surface area is 148 Å². The van der Waals surface area contributed by atoms with E-state index in [2.05, 4.69) is 22.5 Å². The number of aliphatic imine (C=N–C) groups is 1. The van der Waals surface area contributed by atoms with E-state index < -0.39 is 0 Å². The van der Waals surface area contributed by atoms with Crippen LogP contribution in [0, 0.1) is 12.7 Å². The van der Waals surface area contributed by atoms with Gasteiger partial charge >= 0.3 is 0 Å². The number of halogens is 2. The highest BCUT2D eigenvalue weighted by atomic mass is 127. The first-order valence-electron chi connectivity index (χ1n) is 7.12. The second-order valence-corrected chi connectivity index (χ2v) is 4.77. The molecule has 0 aliphatic carbocycles. The lowest BCUT2D eigenvalue weighted by molar-refractivity contribution is 0.0954. The van der Waals surface area contributed by atoms with E-state index in [1.165, 1.54) is 6.07 Å². The van der Waals surface area contributed by atoms with Crippen LogP contribution in [0.5, 0.6) is 0 Å². The zero-order valence-corrected chi connectivity index (χ0v) is 15.3. The Bertz CT molecular complexity index is 508. The molecule has 0 aromatic heterocycles. The molecule has 1 aromatic rings. The van der Waals surface area contributed by atoms with Crippen LogP contribution < -0.4 is 16.4 Å². The van der Waals surface area contributed by atoms with Crippen LogP contribution in [0.2, 0.25) is 0 Å². The molecule has 1 amide bonds. The van der Waals surface area contributed by atoms with Gasteiger partial charge in [-0.25, -0.2) is 4.39 Å². The van der Waals surface area contributed by atoms with Gasteiger partial charge in [0, 0.05) is 25.2 Å². The predicted molar refractivity (Wildman–Crippen MR) is 98.3 cm³/mol. The van der Waals surface area contributed by atoms with Crippen LogP contribution in [-0.2, 0) is 0 Å². The molecule has 4 N–H and O–H groups in total. The second-order valence-electron chi connectivity index (χ2n) is 4.77. The molecule has 0 aliphatic rings. The van der Waals surface area contributed by atoms with E-state index in [4.69, 9.17) is 5.73 Å². The Kier molecular flexibility index (Phi) is 10.5.